The maximum absolute atomic E-state index is 13.9. The Kier molecular flexibility index (Phi) is 7.34. The van der Waals surface area contributed by atoms with E-state index < -0.39 is 56.4 Å². The van der Waals surface area contributed by atoms with Crippen LogP contribution < -0.4 is 0 Å². The molecule has 212 valence electrons. The summed E-state index contributed by atoms with van der Waals surface area (Å²) in [6, 6.07) is 10.6. The van der Waals surface area contributed by atoms with Gasteiger partial charge in [-0.25, -0.2) is 0 Å². The lowest BCUT2D eigenvalue weighted by Crippen LogP contribution is -2.63. The van der Waals surface area contributed by atoms with Crippen molar-refractivity contribution >= 4 is 29.3 Å². The predicted molar refractivity (Wildman–Crippen MR) is 133 cm³/mol. The highest BCUT2D eigenvalue weighted by Crippen LogP contribution is 2.73. The molecule has 2 aromatic carbocycles. The molecule has 14 heteroatoms. The molecule has 0 bridgehead atoms. The maximum atomic E-state index is 13.9. The number of hydrogen-bond acceptors (Lipinski definition) is 12. The van der Waals surface area contributed by atoms with E-state index in [9.17, 15) is 34.6 Å². The Morgan fingerprint density at radius 2 is 1.20 bits per heavy atom. The second-order valence-corrected chi connectivity index (χ2v) is 9.44. The summed E-state index contributed by atoms with van der Waals surface area (Å²) in [5.74, 6) is -6.43. The number of methoxy groups -OCH3 is 4. The fourth-order valence-corrected chi connectivity index (χ4v) is 6.28. The topological polar surface area (TPSA) is 184 Å². The molecule has 0 unspecified atom stereocenters. The molecular weight excluding hydrogens is 532 g/mol. The summed E-state index contributed by atoms with van der Waals surface area (Å²) in [6.07, 6.45) is -1.60. The zero-order valence-corrected chi connectivity index (χ0v) is 22.0. The largest absolute Gasteiger partial charge is 0.468 e. The number of carbonyl (C=O) groups is 3. The van der Waals surface area contributed by atoms with Crippen LogP contribution in [0.3, 0.4) is 0 Å². The van der Waals surface area contributed by atoms with Gasteiger partial charge >= 0.3 is 17.9 Å². The number of ether oxygens (including phenoxy) is 5. The van der Waals surface area contributed by atoms with E-state index in [2.05, 4.69) is 0 Å². The first kappa shape index (κ1) is 28.6. The third kappa shape index (κ3) is 3.74. The molecule has 2 aromatic rings. The Morgan fingerprint density at radius 3 is 1.60 bits per heavy atom. The predicted octanol–water partition coefficient (Wildman–Crippen LogP) is 2.99. The fourth-order valence-electron chi connectivity index (χ4n) is 6.28. The number of fused-ring (bicyclic) bond motifs is 1. The van der Waals surface area contributed by atoms with Gasteiger partial charge in [-0.2, -0.15) is 0 Å². The minimum atomic E-state index is -2.35. The smallest absolute Gasteiger partial charge is 0.328 e. The molecule has 4 rings (SSSR count). The first-order valence-corrected chi connectivity index (χ1v) is 12.0. The number of esters is 3. The zero-order chi connectivity index (χ0) is 29.5. The number of non-ortho nitro benzene ring substituents is 2. The SMILES string of the molecule is COC(=O)C1(C(=O)OC)C[C@@H](c2ccc([N+](=O)[O-])cc2)[C@@]2(C(=O)OC)C[C@@H](c3ccc([N+](=O)[O-])cc3)O[C@@]12OC. The summed E-state index contributed by atoms with van der Waals surface area (Å²) in [7, 11) is 4.39. The van der Waals surface area contributed by atoms with Gasteiger partial charge in [0.25, 0.3) is 11.4 Å². The molecule has 1 saturated carbocycles. The van der Waals surface area contributed by atoms with Crippen LogP contribution in [0.4, 0.5) is 11.4 Å². The normalized spacial score (nSPS) is 26.4. The van der Waals surface area contributed by atoms with E-state index in [0.717, 1.165) is 28.4 Å². The number of carbonyl (C=O) groups excluding carboxylic acids is 3. The van der Waals surface area contributed by atoms with Crippen LogP contribution in [0.1, 0.15) is 36.0 Å². The van der Waals surface area contributed by atoms with Gasteiger partial charge in [0.05, 0.1) is 37.3 Å². The Balaban J connectivity index is 2.02. The molecule has 0 aromatic heterocycles. The molecule has 0 N–H and O–H groups in total. The molecule has 1 aliphatic heterocycles. The standard InChI is InChI=1S/C26H26N2O12/c1-36-21(29)24-14-20(16-7-11-18(12-8-16)28(34)35)40-26(24,39-4)25(22(30)37-2,23(31)38-3)13-19(24)15-5-9-17(10-6-15)27(32)33/h5-12,19-20H,13-14H2,1-4H3/t19-,20-,24+,26+/m0/s1. The molecule has 40 heavy (non-hydrogen) atoms. The van der Waals surface area contributed by atoms with Crippen LogP contribution in [0.2, 0.25) is 0 Å². The lowest BCUT2D eigenvalue weighted by molar-refractivity contribution is -0.385. The van der Waals surface area contributed by atoms with Gasteiger partial charge < -0.3 is 23.7 Å². The van der Waals surface area contributed by atoms with Crippen molar-refractivity contribution in [3.05, 3.63) is 79.9 Å². The van der Waals surface area contributed by atoms with Gasteiger partial charge in [-0.1, -0.05) is 12.1 Å². The van der Waals surface area contributed by atoms with E-state index in [1.165, 1.54) is 48.5 Å². The Morgan fingerprint density at radius 1 is 0.750 bits per heavy atom. The monoisotopic (exact) mass is 558 g/mol. The maximum Gasteiger partial charge on any atom is 0.328 e. The molecule has 0 amide bonds. The highest BCUT2D eigenvalue weighted by atomic mass is 16.7. The molecule has 1 aliphatic carbocycles. The number of nitro benzene ring substituents is 2. The Labute approximate surface area is 227 Å². The van der Waals surface area contributed by atoms with Crippen LogP contribution in [0.15, 0.2) is 48.5 Å². The molecule has 1 heterocycles. The Hall–Kier alpha value is -4.43. The van der Waals surface area contributed by atoms with Gasteiger partial charge in [0, 0.05) is 37.3 Å². The summed E-state index contributed by atoms with van der Waals surface area (Å²) in [5, 5.41) is 22.5. The molecule has 1 saturated heterocycles. The molecular formula is C26H26N2O12. The van der Waals surface area contributed by atoms with Crippen molar-refractivity contribution in [3.63, 3.8) is 0 Å². The van der Waals surface area contributed by atoms with E-state index in [-0.39, 0.29) is 24.2 Å². The second-order valence-electron chi connectivity index (χ2n) is 9.44. The Bertz CT molecular complexity index is 1340. The van der Waals surface area contributed by atoms with Crippen LogP contribution in [0, 0.1) is 31.1 Å². The molecule has 4 atom stereocenters. The van der Waals surface area contributed by atoms with Crippen molar-refractivity contribution in [1.82, 2.24) is 0 Å². The van der Waals surface area contributed by atoms with Crippen molar-refractivity contribution in [2.75, 3.05) is 28.4 Å². The summed E-state index contributed by atoms with van der Waals surface area (Å²) in [4.78, 5) is 62.3. The summed E-state index contributed by atoms with van der Waals surface area (Å²) in [6.45, 7) is 0. The van der Waals surface area contributed by atoms with Crippen molar-refractivity contribution < 1.29 is 47.9 Å². The number of hydrogen-bond donors (Lipinski definition) is 0. The first-order valence-electron chi connectivity index (χ1n) is 12.0. The van der Waals surface area contributed by atoms with Crippen molar-refractivity contribution in [1.29, 1.82) is 0 Å². The van der Waals surface area contributed by atoms with Crippen molar-refractivity contribution in [2.24, 2.45) is 10.8 Å². The van der Waals surface area contributed by atoms with E-state index in [4.69, 9.17) is 23.7 Å². The lowest BCUT2D eigenvalue weighted by atomic mass is 9.67. The number of rotatable bonds is 8. The number of nitro groups is 2. The van der Waals surface area contributed by atoms with Gasteiger partial charge in [-0.15, -0.1) is 0 Å². The van der Waals surface area contributed by atoms with Crippen molar-refractivity contribution in [2.45, 2.75) is 30.7 Å². The highest BCUT2D eigenvalue weighted by molar-refractivity contribution is 6.04. The van der Waals surface area contributed by atoms with E-state index in [1.54, 1.807) is 0 Å². The van der Waals surface area contributed by atoms with Crippen LogP contribution in [0.25, 0.3) is 0 Å². The third-order valence-electron chi connectivity index (χ3n) is 7.96. The van der Waals surface area contributed by atoms with E-state index >= 15 is 0 Å². The van der Waals surface area contributed by atoms with Gasteiger partial charge in [0.15, 0.2) is 0 Å². The van der Waals surface area contributed by atoms with Gasteiger partial charge in [-0.05, 0) is 36.1 Å². The van der Waals surface area contributed by atoms with Gasteiger partial charge in [0.2, 0.25) is 11.2 Å². The quantitative estimate of drug-likeness (QED) is 0.152. The molecule has 14 nitrogen and oxygen atoms in total. The van der Waals surface area contributed by atoms with Crippen LogP contribution in [-0.4, -0.2) is 62.0 Å². The molecule has 0 spiro atoms. The van der Waals surface area contributed by atoms with Crippen LogP contribution >= 0.6 is 0 Å². The summed E-state index contributed by atoms with van der Waals surface area (Å²) >= 11 is 0. The van der Waals surface area contributed by atoms with E-state index in [0.29, 0.717) is 11.1 Å². The number of benzene rings is 2. The van der Waals surface area contributed by atoms with Crippen LogP contribution in [-0.2, 0) is 38.1 Å². The second kappa shape index (κ2) is 10.3. The van der Waals surface area contributed by atoms with E-state index in [1.807, 2.05) is 0 Å². The molecule has 2 aliphatic rings. The highest BCUT2D eigenvalue weighted by Gasteiger charge is 2.87. The van der Waals surface area contributed by atoms with Crippen LogP contribution in [0.5, 0.6) is 0 Å². The summed E-state index contributed by atoms with van der Waals surface area (Å²) < 4.78 is 27.6. The lowest BCUT2D eigenvalue weighted by Gasteiger charge is -2.43. The number of nitrogens with zero attached hydrogens (tertiary/aromatic N) is 2. The average Bonchev–Trinajstić information content (AvgIpc) is 3.45. The minimum Gasteiger partial charge on any atom is -0.468 e. The summed E-state index contributed by atoms with van der Waals surface area (Å²) in [5.41, 5.74) is -3.88. The van der Waals surface area contributed by atoms with Gasteiger partial charge in [0.1, 0.15) is 5.41 Å². The fraction of sp³-hybridized carbons (Fsp3) is 0.423. The first-order chi connectivity index (χ1) is 19.0. The average molecular weight is 558 g/mol. The molecule has 2 fully saturated rings. The zero-order valence-electron chi connectivity index (χ0n) is 22.0. The van der Waals surface area contributed by atoms with Crippen molar-refractivity contribution in [3.8, 4) is 0 Å². The molecule has 0 radical (unpaired) electrons. The minimum absolute atomic E-state index is 0.187. The third-order valence-corrected chi connectivity index (χ3v) is 7.96. The van der Waals surface area contributed by atoms with Gasteiger partial charge in [-0.3, -0.25) is 34.6 Å².